The van der Waals surface area contributed by atoms with Crippen molar-refractivity contribution in [2.24, 2.45) is 0 Å². The summed E-state index contributed by atoms with van der Waals surface area (Å²) >= 11 is 5.96. The van der Waals surface area contributed by atoms with Gasteiger partial charge < -0.3 is 4.90 Å². The summed E-state index contributed by atoms with van der Waals surface area (Å²) in [5.41, 5.74) is 2.58. The monoisotopic (exact) mass is 259 g/mol. The number of fused-ring (bicyclic) bond motifs is 1. The third-order valence-corrected chi connectivity index (χ3v) is 3.89. The van der Waals surface area contributed by atoms with Gasteiger partial charge in [0.15, 0.2) is 0 Å². The Morgan fingerprint density at radius 3 is 2.72 bits per heavy atom. The Morgan fingerprint density at radius 1 is 1.17 bits per heavy atom. The quantitative estimate of drug-likeness (QED) is 0.730. The van der Waals surface area contributed by atoms with Gasteiger partial charge in [0.05, 0.1) is 0 Å². The second-order valence-electron chi connectivity index (χ2n) is 4.66. The second-order valence-corrected chi connectivity index (χ2v) is 5.04. The maximum atomic E-state index is 5.96. The van der Waals surface area contributed by atoms with E-state index in [0.29, 0.717) is 17.1 Å². The number of halogens is 1. The molecule has 18 heavy (non-hydrogen) atoms. The molecule has 0 aliphatic carbocycles. The highest BCUT2D eigenvalue weighted by Gasteiger charge is 2.33. The summed E-state index contributed by atoms with van der Waals surface area (Å²) in [6.45, 7) is 4.45. The largest absolute Gasteiger partial charge is 0.323 e. The molecule has 1 aliphatic rings. The van der Waals surface area contributed by atoms with Crippen molar-refractivity contribution in [2.45, 2.75) is 25.8 Å². The van der Waals surface area contributed by atoms with E-state index in [-0.39, 0.29) is 0 Å². The van der Waals surface area contributed by atoms with Crippen LogP contribution in [-0.4, -0.2) is 16.0 Å². The molecule has 1 aliphatic heterocycles. The zero-order valence-electron chi connectivity index (χ0n) is 10.3. The summed E-state index contributed by atoms with van der Waals surface area (Å²) in [6, 6.07) is 10.6. The zero-order chi connectivity index (χ0) is 12.7. The summed E-state index contributed by atoms with van der Waals surface area (Å²) in [4.78, 5) is 10.5. The average Bonchev–Trinajstić information content (AvgIpc) is 2.63. The molecule has 0 spiro atoms. The minimum atomic E-state index is 0.369. The molecule has 3 nitrogen and oxygen atoms in total. The van der Waals surface area contributed by atoms with Gasteiger partial charge in [-0.2, -0.15) is 0 Å². The van der Waals surface area contributed by atoms with Gasteiger partial charge >= 0.3 is 0 Å². The van der Waals surface area contributed by atoms with Crippen LogP contribution in [0.4, 0.5) is 11.5 Å². The minimum absolute atomic E-state index is 0.369. The van der Waals surface area contributed by atoms with Crippen LogP contribution in [-0.2, 0) is 0 Å². The van der Waals surface area contributed by atoms with E-state index in [9.17, 15) is 0 Å². The predicted octanol–water partition coefficient (Wildman–Crippen LogP) is 3.77. The van der Waals surface area contributed by atoms with Crippen molar-refractivity contribution in [2.75, 3.05) is 4.90 Å². The zero-order valence-corrected chi connectivity index (χ0v) is 11.1. The third-order valence-electron chi connectivity index (χ3n) is 3.68. The lowest BCUT2D eigenvalue weighted by Crippen LogP contribution is -2.26. The normalized spacial score (nSPS) is 22.1. The summed E-state index contributed by atoms with van der Waals surface area (Å²) in [5.74, 6) is 1.34. The van der Waals surface area contributed by atoms with Crippen molar-refractivity contribution >= 4 is 23.1 Å². The molecule has 0 radical (unpaired) electrons. The van der Waals surface area contributed by atoms with E-state index in [0.717, 1.165) is 5.82 Å². The van der Waals surface area contributed by atoms with Crippen LogP contribution in [0.15, 0.2) is 36.7 Å². The molecular formula is C14H14ClN3. The van der Waals surface area contributed by atoms with E-state index in [1.807, 2.05) is 6.07 Å². The highest BCUT2D eigenvalue weighted by atomic mass is 35.5. The molecule has 92 valence electrons. The molecule has 1 aromatic carbocycles. The molecule has 0 saturated carbocycles. The Balaban J connectivity index is 2.13. The lowest BCUT2D eigenvalue weighted by molar-refractivity contribution is 0.638. The summed E-state index contributed by atoms with van der Waals surface area (Å²) in [7, 11) is 0. The van der Waals surface area contributed by atoms with E-state index < -0.39 is 0 Å². The topological polar surface area (TPSA) is 29.0 Å². The van der Waals surface area contributed by atoms with Crippen LogP contribution in [0.5, 0.6) is 0 Å². The molecule has 2 aromatic rings. The summed E-state index contributed by atoms with van der Waals surface area (Å²) < 4.78 is 0. The first-order valence-corrected chi connectivity index (χ1v) is 6.42. The van der Waals surface area contributed by atoms with E-state index >= 15 is 0 Å². The van der Waals surface area contributed by atoms with Crippen molar-refractivity contribution < 1.29 is 0 Å². The summed E-state index contributed by atoms with van der Waals surface area (Å²) in [5, 5.41) is 0.476. The number of hydrogen-bond donors (Lipinski definition) is 0. The van der Waals surface area contributed by atoms with E-state index in [4.69, 9.17) is 11.6 Å². The van der Waals surface area contributed by atoms with Crippen LogP contribution < -0.4 is 4.90 Å². The highest BCUT2D eigenvalue weighted by molar-refractivity contribution is 6.29. The molecule has 3 rings (SSSR count). The molecule has 0 N–H and O–H groups in total. The number of hydrogen-bond acceptors (Lipinski definition) is 3. The highest BCUT2D eigenvalue weighted by Crippen LogP contribution is 2.44. The van der Waals surface area contributed by atoms with Crippen LogP contribution in [0.25, 0.3) is 0 Å². The van der Waals surface area contributed by atoms with Gasteiger partial charge in [-0.15, -0.1) is 0 Å². The van der Waals surface area contributed by atoms with Gasteiger partial charge in [0, 0.05) is 23.7 Å². The van der Waals surface area contributed by atoms with E-state index in [2.05, 4.69) is 53.0 Å². The number of nitrogens with zero attached hydrogens (tertiary/aromatic N) is 3. The van der Waals surface area contributed by atoms with Crippen LogP contribution in [0, 0.1) is 0 Å². The molecule has 1 aromatic heterocycles. The Labute approximate surface area is 111 Å². The Hall–Kier alpha value is -1.61. The number of benzene rings is 1. The number of anilines is 2. The molecule has 0 amide bonds. The van der Waals surface area contributed by atoms with Crippen molar-refractivity contribution in [3.63, 3.8) is 0 Å². The lowest BCUT2D eigenvalue weighted by Gasteiger charge is -2.25. The maximum absolute atomic E-state index is 5.96. The first-order chi connectivity index (χ1) is 8.68. The molecule has 0 fully saturated rings. The number of rotatable bonds is 1. The van der Waals surface area contributed by atoms with E-state index in [1.54, 1.807) is 0 Å². The predicted molar refractivity (Wildman–Crippen MR) is 73.5 cm³/mol. The van der Waals surface area contributed by atoms with Crippen LogP contribution in [0.1, 0.15) is 25.3 Å². The molecule has 2 unspecified atom stereocenters. The van der Waals surface area contributed by atoms with Crippen molar-refractivity contribution in [1.29, 1.82) is 0 Å². The Morgan fingerprint density at radius 2 is 1.94 bits per heavy atom. The minimum Gasteiger partial charge on any atom is -0.323 e. The third kappa shape index (κ3) is 1.66. The van der Waals surface area contributed by atoms with Gasteiger partial charge in [-0.25, -0.2) is 9.97 Å². The molecule has 2 heterocycles. The smallest absolute Gasteiger partial charge is 0.138 e. The van der Waals surface area contributed by atoms with Crippen LogP contribution in [0.2, 0.25) is 5.15 Å². The molecule has 4 heteroatoms. The van der Waals surface area contributed by atoms with Gasteiger partial charge in [-0.1, -0.05) is 36.7 Å². The average molecular weight is 260 g/mol. The fourth-order valence-electron chi connectivity index (χ4n) is 2.58. The first-order valence-electron chi connectivity index (χ1n) is 6.04. The molecule has 0 saturated heterocycles. The molecule has 2 atom stereocenters. The van der Waals surface area contributed by atoms with Gasteiger partial charge in [-0.05, 0) is 18.6 Å². The fraction of sp³-hybridized carbons (Fsp3) is 0.286. The summed E-state index contributed by atoms with van der Waals surface area (Å²) in [6.07, 6.45) is 1.51. The van der Waals surface area contributed by atoms with Gasteiger partial charge in [0.1, 0.15) is 17.3 Å². The van der Waals surface area contributed by atoms with Gasteiger partial charge in [-0.3, -0.25) is 0 Å². The van der Waals surface area contributed by atoms with Crippen LogP contribution >= 0.6 is 11.6 Å². The number of aromatic nitrogens is 2. The van der Waals surface area contributed by atoms with Crippen molar-refractivity contribution in [3.8, 4) is 0 Å². The lowest BCUT2D eigenvalue weighted by atomic mass is 9.98. The fourth-order valence-corrected chi connectivity index (χ4v) is 2.72. The maximum Gasteiger partial charge on any atom is 0.138 e. The standard InChI is InChI=1S/C14H14ClN3/c1-9-10(2)18(12-6-4-3-5-11(9)12)14-7-13(15)16-8-17-14/h3-10H,1-2H3. The second kappa shape index (κ2) is 4.25. The Bertz CT molecular complexity index is 585. The van der Waals surface area contributed by atoms with Gasteiger partial charge in [0.2, 0.25) is 0 Å². The van der Waals surface area contributed by atoms with E-state index in [1.165, 1.54) is 17.6 Å². The van der Waals surface area contributed by atoms with Gasteiger partial charge in [0.25, 0.3) is 0 Å². The van der Waals surface area contributed by atoms with Crippen molar-refractivity contribution in [3.05, 3.63) is 47.4 Å². The molecular weight excluding hydrogens is 246 g/mol. The SMILES string of the molecule is CC1c2ccccc2N(c2cc(Cl)ncn2)C1C. The Kier molecular flexibility index (Phi) is 2.71. The molecule has 0 bridgehead atoms. The number of para-hydroxylation sites is 1. The van der Waals surface area contributed by atoms with Crippen molar-refractivity contribution in [1.82, 2.24) is 9.97 Å². The first kappa shape index (κ1) is 11.5. The van der Waals surface area contributed by atoms with Crippen LogP contribution in [0.3, 0.4) is 0 Å².